The molecule has 0 aliphatic carbocycles. The zero-order valence-corrected chi connectivity index (χ0v) is 8.51. The molecule has 0 radical (unpaired) electrons. The Morgan fingerprint density at radius 1 is 1.23 bits per heavy atom. The predicted octanol–water partition coefficient (Wildman–Crippen LogP) is 1.28. The van der Waals surface area contributed by atoms with Crippen LogP contribution in [0.4, 0.5) is 0 Å². The molecule has 0 saturated carbocycles. The van der Waals surface area contributed by atoms with Crippen LogP contribution in [0.1, 0.15) is 33.1 Å². The number of ether oxygens (including phenoxy) is 2. The maximum absolute atomic E-state index is 5.67. The molecular weight excluding hydrogens is 166 g/mol. The first kappa shape index (κ1) is 9.44. The Labute approximate surface area is 79.8 Å². The van der Waals surface area contributed by atoms with Gasteiger partial charge in [0.25, 0.3) is 0 Å². The summed E-state index contributed by atoms with van der Waals surface area (Å²) >= 11 is 0. The fraction of sp³-hybridized carbons (Fsp3) is 1.00. The summed E-state index contributed by atoms with van der Waals surface area (Å²) in [5.74, 6) is 0. The molecule has 2 heterocycles. The van der Waals surface area contributed by atoms with Crippen molar-refractivity contribution in [2.24, 2.45) is 0 Å². The molecule has 2 rings (SSSR count). The molecule has 0 spiro atoms. The Balaban J connectivity index is 1.87. The first-order valence-corrected chi connectivity index (χ1v) is 5.18. The number of hydrogen-bond acceptors (Lipinski definition) is 3. The first-order chi connectivity index (χ1) is 6.17. The second-order valence-corrected chi connectivity index (χ2v) is 4.66. The summed E-state index contributed by atoms with van der Waals surface area (Å²) in [6, 6.07) is 0. The zero-order chi connectivity index (χ0) is 9.31. The average molecular weight is 185 g/mol. The predicted molar refractivity (Wildman–Crippen MR) is 50.5 cm³/mol. The summed E-state index contributed by atoms with van der Waals surface area (Å²) in [5, 5.41) is 3.45. The van der Waals surface area contributed by atoms with Crippen LogP contribution >= 0.6 is 0 Å². The highest BCUT2D eigenvalue weighted by Gasteiger charge is 2.36. The van der Waals surface area contributed by atoms with E-state index in [1.54, 1.807) is 0 Å². The summed E-state index contributed by atoms with van der Waals surface area (Å²) in [4.78, 5) is 0. The molecule has 3 heteroatoms. The minimum absolute atomic E-state index is 0.117. The van der Waals surface area contributed by atoms with Gasteiger partial charge < -0.3 is 9.47 Å². The SMILES string of the molecule is CC1(C)COC(C2CCCCO2)N1. The minimum Gasteiger partial charge on any atom is -0.374 e. The molecule has 1 N–H and O–H groups in total. The van der Waals surface area contributed by atoms with Gasteiger partial charge in [0, 0.05) is 12.1 Å². The molecule has 76 valence electrons. The maximum atomic E-state index is 5.67. The van der Waals surface area contributed by atoms with Crippen molar-refractivity contribution in [2.45, 2.75) is 51.0 Å². The van der Waals surface area contributed by atoms with Crippen LogP contribution in [0.2, 0.25) is 0 Å². The van der Waals surface area contributed by atoms with Gasteiger partial charge in [0.05, 0.1) is 12.7 Å². The number of hydrogen-bond donors (Lipinski definition) is 1. The quantitative estimate of drug-likeness (QED) is 0.667. The van der Waals surface area contributed by atoms with Crippen LogP contribution in [-0.4, -0.2) is 31.1 Å². The van der Waals surface area contributed by atoms with Crippen molar-refractivity contribution in [3.63, 3.8) is 0 Å². The van der Waals surface area contributed by atoms with Gasteiger partial charge in [-0.2, -0.15) is 0 Å². The Morgan fingerprint density at radius 3 is 2.62 bits per heavy atom. The Bertz CT molecular complexity index is 176. The maximum Gasteiger partial charge on any atom is 0.135 e. The third kappa shape index (κ3) is 2.22. The smallest absolute Gasteiger partial charge is 0.135 e. The second-order valence-electron chi connectivity index (χ2n) is 4.66. The van der Waals surface area contributed by atoms with E-state index in [-0.39, 0.29) is 17.9 Å². The molecule has 0 aromatic carbocycles. The molecular formula is C10H19NO2. The van der Waals surface area contributed by atoms with Crippen molar-refractivity contribution >= 4 is 0 Å². The molecule has 2 fully saturated rings. The van der Waals surface area contributed by atoms with Crippen molar-refractivity contribution in [3.05, 3.63) is 0 Å². The fourth-order valence-corrected chi connectivity index (χ4v) is 1.97. The normalized spacial score (nSPS) is 39.2. The third-order valence-electron chi connectivity index (χ3n) is 2.71. The van der Waals surface area contributed by atoms with Crippen LogP contribution in [0.5, 0.6) is 0 Å². The lowest BCUT2D eigenvalue weighted by Crippen LogP contribution is -2.46. The highest BCUT2D eigenvalue weighted by molar-refractivity contribution is 4.88. The van der Waals surface area contributed by atoms with Gasteiger partial charge in [-0.15, -0.1) is 0 Å². The lowest BCUT2D eigenvalue weighted by molar-refractivity contribution is -0.0769. The molecule has 0 amide bonds. The van der Waals surface area contributed by atoms with E-state index < -0.39 is 0 Å². The van der Waals surface area contributed by atoms with Crippen LogP contribution in [-0.2, 0) is 9.47 Å². The van der Waals surface area contributed by atoms with Gasteiger partial charge in [-0.1, -0.05) is 0 Å². The van der Waals surface area contributed by atoms with Crippen molar-refractivity contribution in [2.75, 3.05) is 13.2 Å². The van der Waals surface area contributed by atoms with Gasteiger partial charge >= 0.3 is 0 Å². The molecule has 2 atom stereocenters. The Hall–Kier alpha value is -0.120. The fourth-order valence-electron chi connectivity index (χ4n) is 1.97. The first-order valence-electron chi connectivity index (χ1n) is 5.18. The zero-order valence-electron chi connectivity index (χ0n) is 8.51. The Morgan fingerprint density at radius 2 is 2.08 bits per heavy atom. The number of nitrogens with one attached hydrogen (secondary N) is 1. The van der Waals surface area contributed by atoms with E-state index in [0.29, 0.717) is 0 Å². The number of rotatable bonds is 1. The van der Waals surface area contributed by atoms with Crippen LogP contribution < -0.4 is 5.32 Å². The largest absolute Gasteiger partial charge is 0.374 e. The second kappa shape index (κ2) is 3.56. The third-order valence-corrected chi connectivity index (χ3v) is 2.71. The summed E-state index contributed by atoms with van der Waals surface area (Å²) in [6.07, 6.45) is 4.00. The molecule has 3 nitrogen and oxygen atoms in total. The van der Waals surface area contributed by atoms with Crippen molar-refractivity contribution in [1.82, 2.24) is 5.32 Å². The van der Waals surface area contributed by atoms with Crippen molar-refractivity contribution < 1.29 is 9.47 Å². The van der Waals surface area contributed by atoms with E-state index in [0.717, 1.165) is 19.6 Å². The van der Waals surface area contributed by atoms with Crippen molar-refractivity contribution in [1.29, 1.82) is 0 Å². The molecule has 2 saturated heterocycles. The molecule has 13 heavy (non-hydrogen) atoms. The van der Waals surface area contributed by atoms with Gasteiger partial charge in [0.2, 0.25) is 0 Å². The van der Waals surface area contributed by atoms with E-state index in [2.05, 4.69) is 19.2 Å². The molecule has 0 aromatic rings. The summed E-state index contributed by atoms with van der Waals surface area (Å²) in [5.41, 5.74) is 0.117. The summed E-state index contributed by atoms with van der Waals surface area (Å²) in [6.45, 7) is 6.01. The average Bonchev–Trinajstić information content (AvgIpc) is 2.48. The highest BCUT2D eigenvalue weighted by atomic mass is 16.6. The molecule has 0 aromatic heterocycles. The highest BCUT2D eigenvalue weighted by Crippen LogP contribution is 2.23. The summed E-state index contributed by atoms with van der Waals surface area (Å²) in [7, 11) is 0. The molecule has 2 aliphatic heterocycles. The van der Waals surface area contributed by atoms with Crippen molar-refractivity contribution in [3.8, 4) is 0 Å². The lowest BCUT2D eigenvalue weighted by Gasteiger charge is -2.28. The standard InChI is InChI=1S/C10H19NO2/c1-10(2)7-13-9(11-10)8-5-3-4-6-12-8/h8-9,11H,3-7H2,1-2H3. The molecule has 2 aliphatic rings. The van der Waals surface area contributed by atoms with E-state index >= 15 is 0 Å². The van der Waals surface area contributed by atoms with Crippen LogP contribution in [0.3, 0.4) is 0 Å². The Kier molecular flexibility index (Phi) is 2.58. The van der Waals surface area contributed by atoms with Crippen LogP contribution in [0.15, 0.2) is 0 Å². The minimum atomic E-state index is 0.117. The lowest BCUT2D eigenvalue weighted by atomic mass is 10.1. The topological polar surface area (TPSA) is 30.5 Å². The van der Waals surface area contributed by atoms with Gasteiger partial charge in [-0.05, 0) is 33.1 Å². The van der Waals surface area contributed by atoms with E-state index in [4.69, 9.17) is 9.47 Å². The molecule has 2 unspecified atom stereocenters. The monoisotopic (exact) mass is 185 g/mol. The van der Waals surface area contributed by atoms with E-state index in [1.165, 1.54) is 12.8 Å². The van der Waals surface area contributed by atoms with Gasteiger partial charge in [-0.3, -0.25) is 5.32 Å². The van der Waals surface area contributed by atoms with Crippen LogP contribution in [0.25, 0.3) is 0 Å². The van der Waals surface area contributed by atoms with Gasteiger partial charge in [0.1, 0.15) is 6.23 Å². The van der Waals surface area contributed by atoms with Gasteiger partial charge in [0.15, 0.2) is 0 Å². The molecule has 0 bridgehead atoms. The van der Waals surface area contributed by atoms with E-state index in [9.17, 15) is 0 Å². The van der Waals surface area contributed by atoms with Crippen LogP contribution in [0, 0.1) is 0 Å². The van der Waals surface area contributed by atoms with Gasteiger partial charge in [-0.25, -0.2) is 0 Å². The van der Waals surface area contributed by atoms with E-state index in [1.807, 2.05) is 0 Å². The summed E-state index contributed by atoms with van der Waals surface area (Å²) < 4.78 is 11.3.